The quantitative estimate of drug-likeness (QED) is 0.630. The summed E-state index contributed by atoms with van der Waals surface area (Å²) in [5.74, 6) is 1.04. The van der Waals surface area contributed by atoms with Gasteiger partial charge in [0.15, 0.2) is 9.84 Å². The average Bonchev–Trinajstić information content (AvgIpc) is 1.84. The van der Waals surface area contributed by atoms with Crippen molar-refractivity contribution < 1.29 is 8.42 Å². The van der Waals surface area contributed by atoms with Gasteiger partial charge in [-0.3, -0.25) is 0 Å². The second-order valence-corrected chi connectivity index (χ2v) is 5.70. The van der Waals surface area contributed by atoms with Crippen molar-refractivity contribution in [2.75, 3.05) is 17.4 Å². The molecule has 0 aromatic heterocycles. The maximum Gasteiger partial charge on any atom is 0.151 e. The van der Waals surface area contributed by atoms with Crippen LogP contribution in [0.5, 0.6) is 0 Å². The van der Waals surface area contributed by atoms with E-state index in [-0.39, 0.29) is 17.4 Å². The molecule has 0 aliphatic heterocycles. The average molecular weight is 199 g/mol. The van der Waals surface area contributed by atoms with Crippen LogP contribution in [0.25, 0.3) is 0 Å². The van der Waals surface area contributed by atoms with Gasteiger partial charge >= 0.3 is 0 Å². The predicted octanol–water partition coefficient (Wildman–Crippen LogP) is 1.69. The second kappa shape index (κ2) is 4.99. The summed E-state index contributed by atoms with van der Waals surface area (Å²) in [6.07, 6.45) is 0.735. The maximum absolute atomic E-state index is 11.1. The first-order chi connectivity index (χ1) is 4.98. The summed E-state index contributed by atoms with van der Waals surface area (Å²) in [7, 11) is -2.86. The third-order valence-corrected chi connectivity index (χ3v) is 3.49. The smallest absolute Gasteiger partial charge is 0.151 e. The Morgan fingerprint density at radius 1 is 1.27 bits per heavy atom. The molecule has 0 N–H and O–H groups in total. The van der Waals surface area contributed by atoms with E-state index >= 15 is 0 Å². The highest BCUT2D eigenvalue weighted by atomic mass is 35.5. The fourth-order valence-corrected chi connectivity index (χ4v) is 2.61. The first-order valence-electron chi connectivity index (χ1n) is 3.74. The van der Waals surface area contributed by atoms with Crippen LogP contribution in [0.2, 0.25) is 0 Å². The Hall–Kier alpha value is 0.240. The molecule has 0 aliphatic carbocycles. The van der Waals surface area contributed by atoms with E-state index in [1.165, 1.54) is 0 Å². The fraction of sp³-hybridized carbons (Fsp3) is 1.00. The Bertz CT molecular complexity index is 185. The van der Waals surface area contributed by atoms with Crippen LogP contribution in [0.1, 0.15) is 20.3 Å². The molecule has 0 aliphatic rings. The zero-order valence-electron chi connectivity index (χ0n) is 7.01. The van der Waals surface area contributed by atoms with Crippen LogP contribution in [0, 0.1) is 5.92 Å². The predicted molar refractivity (Wildman–Crippen MR) is 48.8 cm³/mol. The molecular formula is C7H15ClO2S. The first-order valence-corrected chi connectivity index (χ1v) is 6.10. The molecule has 0 amide bonds. The minimum Gasteiger partial charge on any atom is -0.229 e. The van der Waals surface area contributed by atoms with Gasteiger partial charge < -0.3 is 0 Å². The van der Waals surface area contributed by atoms with Crippen molar-refractivity contribution >= 4 is 21.4 Å². The van der Waals surface area contributed by atoms with Crippen molar-refractivity contribution in [2.24, 2.45) is 5.92 Å². The largest absolute Gasteiger partial charge is 0.229 e. The lowest BCUT2D eigenvalue weighted by Crippen LogP contribution is -2.13. The molecule has 0 atom stereocenters. The summed E-state index contributed by atoms with van der Waals surface area (Å²) in [6.45, 7) is 4.02. The van der Waals surface area contributed by atoms with E-state index in [9.17, 15) is 8.42 Å². The number of rotatable bonds is 5. The molecule has 0 aromatic rings. The lowest BCUT2D eigenvalue weighted by molar-refractivity contribution is 0.575. The van der Waals surface area contributed by atoms with Crippen LogP contribution in [0.15, 0.2) is 0 Å². The van der Waals surface area contributed by atoms with Gasteiger partial charge in [-0.15, -0.1) is 11.6 Å². The molecule has 0 saturated carbocycles. The molecule has 0 heterocycles. The van der Waals surface area contributed by atoms with Crippen molar-refractivity contribution in [1.29, 1.82) is 0 Å². The van der Waals surface area contributed by atoms with Crippen molar-refractivity contribution in [3.05, 3.63) is 0 Å². The minimum atomic E-state index is -2.86. The van der Waals surface area contributed by atoms with Gasteiger partial charge in [0.2, 0.25) is 0 Å². The highest BCUT2D eigenvalue weighted by Crippen LogP contribution is 2.03. The monoisotopic (exact) mass is 198 g/mol. The zero-order chi connectivity index (χ0) is 8.91. The van der Waals surface area contributed by atoms with Gasteiger partial charge in [-0.05, 0) is 12.3 Å². The van der Waals surface area contributed by atoms with Crippen molar-refractivity contribution in [2.45, 2.75) is 20.3 Å². The molecule has 0 unspecified atom stereocenters. The van der Waals surface area contributed by atoms with Gasteiger partial charge in [0.25, 0.3) is 0 Å². The Kier molecular flexibility index (Phi) is 5.10. The Morgan fingerprint density at radius 3 is 2.18 bits per heavy atom. The Labute approximate surface area is 73.9 Å². The highest BCUT2D eigenvalue weighted by molar-refractivity contribution is 7.91. The number of hydrogen-bond donors (Lipinski definition) is 0. The molecule has 68 valence electrons. The third kappa shape index (κ3) is 6.63. The van der Waals surface area contributed by atoms with E-state index in [1.54, 1.807) is 0 Å². The van der Waals surface area contributed by atoms with Crippen LogP contribution in [0.4, 0.5) is 0 Å². The molecule has 0 saturated heterocycles. The van der Waals surface area contributed by atoms with E-state index < -0.39 is 9.84 Å². The summed E-state index contributed by atoms with van der Waals surface area (Å²) in [4.78, 5) is 0. The van der Waals surface area contributed by atoms with Gasteiger partial charge in [-0.1, -0.05) is 13.8 Å². The summed E-state index contributed by atoms with van der Waals surface area (Å²) >= 11 is 5.32. The molecule has 11 heavy (non-hydrogen) atoms. The minimum absolute atomic E-state index is 0.112. The summed E-state index contributed by atoms with van der Waals surface area (Å²) in [5, 5.41) is 0. The Balaban J connectivity index is 3.74. The summed E-state index contributed by atoms with van der Waals surface area (Å²) in [6, 6.07) is 0. The van der Waals surface area contributed by atoms with E-state index in [0.717, 1.165) is 6.42 Å². The van der Waals surface area contributed by atoms with Gasteiger partial charge in [0.05, 0.1) is 11.5 Å². The van der Waals surface area contributed by atoms with Crippen LogP contribution in [-0.2, 0) is 9.84 Å². The number of alkyl halides is 1. The summed E-state index contributed by atoms with van der Waals surface area (Å²) < 4.78 is 22.1. The van der Waals surface area contributed by atoms with Crippen LogP contribution in [-0.4, -0.2) is 25.8 Å². The molecule has 4 heteroatoms. The van der Waals surface area contributed by atoms with Crippen LogP contribution < -0.4 is 0 Å². The number of hydrogen-bond acceptors (Lipinski definition) is 2. The summed E-state index contributed by atoms with van der Waals surface area (Å²) in [5.41, 5.74) is 0. The molecule has 0 bridgehead atoms. The first kappa shape index (κ1) is 11.2. The van der Waals surface area contributed by atoms with Gasteiger partial charge in [0, 0.05) is 5.88 Å². The zero-order valence-corrected chi connectivity index (χ0v) is 8.58. The molecule has 2 nitrogen and oxygen atoms in total. The SMILES string of the molecule is CC(C)CCS(=O)(=O)CCCl. The number of sulfone groups is 1. The van der Waals surface area contributed by atoms with E-state index in [4.69, 9.17) is 11.6 Å². The van der Waals surface area contributed by atoms with E-state index in [1.807, 2.05) is 13.8 Å². The normalized spacial score (nSPS) is 12.4. The fourth-order valence-electron chi connectivity index (χ4n) is 0.635. The van der Waals surface area contributed by atoms with Crippen molar-refractivity contribution in [1.82, 2.24) is 0 Å². The third-order valence-electron chi connectivity index (χ3n) is 1.39. The van der Waals surface area contributed by atoms with Crippen LogP contribution >= 0.6 is 11.6 Å². The number of halogens is 1. The molecule has 0 fully saturated rings. The van der Waals surface area contributed by atoms with Crippen molar-refractivity contribution in [3.63, 3.8) is 0 Å². The highest BCUT2D eigenvalue weighted by Gasteiger charge is 2.09. The molecule has 0 aromatic carbocycles. The van der Waals surface area contributed by atoms with Crippen molar-refractivity contribution in [3.8, 4) is 0 Å². The Morgan fingerprint density at radius 2 is 1.82 bits per heavy atom. The lowest BCUT2D eigenvalue weighted by Gasteiger charge is -2.03. The van der Waals surface area contributed by atoms with Gasteiger partial charge in [0.1, 0.15) is 0 Å². The maximum atomic E-state index is 11.1. The molecule has 0 radical (unpaired) electrons. The van der Waals surface area contributed by atoms with Gasteiger partial charge in [-0.25, -0.2) is 8.42 Å². The van der Waals surface area contributed by atoms with Crippen LogP contribution in [0.3, 0.4) is 0 Å². The van der Waals surface area contributed by atoms with Gasteiger partial charge in [-0.2, -0.15) is 0 Å². The lowest BCUT2D eigenvalue weighted by atomic mass is 10.2. The standard InChI is InChI=1S/C7H15ClO2S/c1-7(2)3-5-11(9,10)6-4-8/h7H,3-6H2,1-2H3. The topological polar surface area (TPSA) is 34.1 Å². The van der Waals surface area contributed by atoms with E-state index in [2.05, 4.69) is 0 Å². The second-order valence-electron chi connectivity index (χ2n) is 3.02. The molecule has 0 rings (SSSR count). The molecular weight excluding hydrogens is 184 g/mol. The van der Waals surface area contributed by atoms with E-state index in [0.29, 0.717) is 5.92 Å². The molecule has 0 spiro atoms.